The maximum absolute atomic E-state index is 9.02. The molecule has 112 valence electrons. The minimum Gasteiger partial charge on any atom is -0.396 e. The summed E-state index contributed by atoms with van der Waals surface area (Å²) < 4.78 is 1.08. The predicted octanol–water partition coefficient (Wildman–Crippen LogP) is 4.25. The van der Waals surface area contributed by atoms with E-state index in [0.717, 1.165) is 25.6 Å². The van der Waals surface area contributed by atoms with Crippen LogP contribution in [-0.2, 0) is 6.42 Å². The second-order valence-electron chi connectivity index (χ2n) is 4.67. The summed E-state index contributed by atoms with van der Waals surface area (Å²) in [5.41, 5.74) is 2.88. The van der Waals surface area contributed by atoms with Crippen molar-refractivity contribution in [3.05, 3.63) is 58.0 Å². The van der Waals surface area contributed by atoms with E-state index in [1.807, 2.05) is 42.5 Å². The Morgan fingerprint density at radius 3 is 2.86 bits per heavy atom. The van der Waals surface area contributed by atoms with Gasteiger partial charge in [0.15, 0.2) is 0 Å². The second kappa shape index (κ2) is 7.00. The standard InChI is InChI=1S/C16H14BrN3OS/c17-15-5-4-14(22-15)13-6-8-18-16(20-13)19-12-3-1-2-11(10-12)7-9-21/h1-6,8,10,21H,7,9H2,(H,18,19,20). The highest BCUT2D eigenvalue weighted by molar-refractivity contribution is 9.11. The molecule has 3 rings (SSSR count). The van der Waals surface area contributed by atoms with Crippen molar-refractivity contribution in [2.75, 3.05) is 11.9 Å². The topological polar surface area (TPSA) is 58.0 Å². The molecule has 6 heteroatoms. The number of aromatic nitrogens is 2. The third-order valence-corrected chi connectivity index (χ3v) is 4.71. The number of hydrogen-bond acceptors (Lipinski definition) is 5. The summed E-state index contributed by atoms with van der Waals surface area (Å²) in [6.45, 7) is 0.142. The fourth-order valence-corrected chi connectivity index (χ4v) is 3.43. The molecule has 0 radical (unpaired) electrons. The lowest BCUT2D eigenvalue weighted by atomic mass is 10.1. The molecule has 0 amide bonds. The highest BCUT2D eigenvalue weighted by Gasteiger charge is 2.05. The molecule has 22 heavy (non-hydrogen) atoms. The van der Waals surface area contributed by atoms with Crippen LogP contribution >= 0.6 is 27.3 Å². The molecule has 0 saturated heterocycles. The van der Waals surface area contributed by atoms with Crippen LogP contribution < -0.4 is 5.32 Å². The summed E-state index contributed by atoms with van der Waals surface area (Å²) in [4.78, 5) is 9.90. The number of nitrogens with zero attached hydrogens (tertiary/aromatic N) is 2. The number of nitrogens with one attached hydrogen (secondary N) is 1. The van der Waals surface area contributed by atoms with Gasteiger partial charge in [-0.2, -0.15) is 0 Å². The Morgan fingerprint density at radius 2 is 2.09 bits per heavy atom. The SMILES string of the molecule is OCCc1cccc(Nc2nccc(-c3ccc(Br)s3)n2)c1. The summed E-state index contributed by atoms with van der Waals surface area (Å²) >= 11 is 5.10. The van der Waals surface area contributed by atoms with Crippen LogP contribution in [0.5, 0.6) is 0 Å². The van der Waals surface area contributed by atoms with Gasteiger partial charge in [0.2, 0.25) is 5.95 Å². The molecule has 0 aliphatic carbocycles. The summed E-state index contributed by atoms with van der Waals surface area (Å²) in [6, 6.07) is 13.8. The smallest absolute Gasteiger partial charge is 0.227 e. The highest BCUT2D eigenvalue weighted by atomic mass is 79.9. The zero-order valence-corrected chi connectivity index (χ0v) is 14.1. The Labute approximate surface area is 141 Å². The van der Waals surface area contributed by atoms with Crippen molar-refractivity contribution in [2.24, 2.45) is 0 Å². The third kappa shape index (κ3) is 3.71. The van der Waals surface area contributed by atoms with Crippen LogP contribution in [0.3, 0.4) is 0 Å². The number of anilines is 2. The fourth-order valence-electron chi connectivity index (χ4n) is 2.07. The molecule has 4 nitrogen and oxygen atoms in total. The first kappa shape index (κ1) is 15.1. The van der Waals surface area contributed by atoms with Gasteiger partial charge in [0, 0.05) is 18.5 Å². The third-order valence-electron chi connectivity index (χ3n) is 3.06. The number of halogens is 1. The first-order valence-corrected chi connectivity index (χ1v) is 8.41. The van der Waals surface area contributed by atoms with Crippen LogP contribution in [0.1, 0.15) is 5.56 Å². The van der Waals surface area contributed by atoms with Crippen molar-refractivity contribution in [3.63, 3.8) is 0 Å². The van der Waals surface area contributed by atoms with Gasteiger partial charge in [-0.05, 0) is 58.2 Å². The maximum Gasteiger partial charge on any atom is 0.227 e. The van der Waals surface area contributed by atoms with E-state index in [9.17, 15) is 0 Å². The monoisotopic (exact) mass is 375 g/mol. The number of rotatable bonds is 5. The molecule has 0 saturated carbocycles. The summed E-state index contributed by atoms with van der Waals surface area (Å²) in [5.74, 6) is 0.558. The Kier molecular flexibility index (Phi) is 4.82. The number of benzene rings is 1. The molecule has 0 atom stereocenters. The normalized spacial score (nSPS) is 10.6. The van der Waals surface area contributed by atoms with Crippen molar-refractivity contribution in [3.8, 4) is 10.6 Å². The van der Waals surface area contributed by atoms with Crippen molar-refractivity contribution in [1.29, 1.82) is 0 Å². The van der Waals surface area contributed by atoms with E-state index in [-0.39, 0.29) is 6.61 Å². The van der Waals surface area contributed by atoms with Crippen LogP contribution in [0.4, 0.5) is 11.6 Å². The van der Waals surface area contributed by atoms with E-state index in [1.165, 1.54) is 0 Å². The first-order chi connectivity index (χ1) is 10.7. The predicted molar refractivity (Wildman–Crippen MR) is 93.6 cm³/mol. The van der Waals surface area contributed by atoms with E-state index < -0.39 is 0 Å². The zero-order valence-electron chi connectivity index (χ0n) is 11.7. The minimum atomic E-state index is 0.142. The average molecular weight is 376 g/mol. The second-order valence-corrected chi connectivity index (χ2v) is 7.13. The van der Waals surface area contributed by atoms with Crippen LogP contribution in [0.25, 0.3) is 10.6 Å². The van der Waals surface area contributed by atoms with E-state index in [0.29, 0.717) is 12.4 Å². The molecular formula is C16H14BrN3OS. The Balaban J connectivity index is 1.82. The number of aliphatic hydroxyl groups excluding tert-OH is 1. The lowest BCUT2D eigenvalue weighted by molar-refractivity contribution is 0.299. The molecule has 2 heterocycles. The van der Waals surface area contributed by atoms with Gasteiger partial charge in [-0.3, -0.25) is 0 Å². The van der Waals surface area contributed by atoms with E-state index in [1.54, 1.807) is 17.5 Å². The summed E-state index contributed by atoms with van der Waals surface area (Å²) in [6.07, 6.45) is 2.38. The largest absolute Gasteiger partial charge is 0.396 e. The zero-order chi connectivity index (χ0) is 15.4. The molecule has 0 bridgehead atoms. The summed E-state index contributed by atoms with van der Waals surface area (Å²) in [7, 11) is 0. The van der Waals surface area contributed by atoms with Gasteiger partial charge in [0.05, 0.1) is 14.4 Å². The Morgan fingerprint density at radius 1 is 1.18 bits per heavy atom. The number of aliphatic hydroxyl groups is 1. The van der Waals surface area contributed by atoms with Crippen molar-refractivity contribution < 1.29 is 5.11 Å². The highest BCUT2D eigenvalue weighted by Crippen LogP contribution is 2.30. The van der Waals surface area contributed by atoms with Gasteiger partial charge >= 0.3 is 0 Å². The summed E-state index contributed by atoms with van der Waals surface area (Å²) in [5, 5.41) is 12.2. The molecular weight excluding hydrogens is 362 g/mol. The van der Waals surface area contributed by atoms with E-state index in [2.05, 4.69) is 31.2 Å². The van der Waals surface area contributed by atoms with Crippen LogP contribution in [0, 0.1) is 0 Å². The molecule has 2 N–H and O–H groups in total. The minimum absolute atomic E-state index is 0.142. The lowest BCUT2D eigenvalue weighted by Gasteiger charge is -2.07. The molecule has 0 spiro atoms. The molecule has 0 aliphatic heterocycles. The van der Waals surface area contributed by atoms with Crippen LogP contribution in [0.15, 0.2) is 52.4 Å². The number of thiophene rings is 1. The Hall–Kier alpha value is -1.76. The first-order valence-electron chi connectivity index (χ1n) is 6.80. The van der Waals surface area contributed by atoms with Gasteiger partial charge in [0.25, 0.3) is 0 Å². The molecule has 0 aliphatic rings. The van der Waals surface area contributed by atoms with E-state index in [4.69, 9.17) is 5.11 Å². The molecule has 3 aromatic rings. The van der Waals surface area contributed by atoms with Gasteiger partial charge in [-0.1, -0.05) is 12.1 Å². The van der Waals surface area contributed by atoms with Crippen molar-refractivity contribution in [1.82, 2.24) is 9.97 Å². The maximum atomic E-state index is 9.02. The molecule has 2 aromatic heterocycles. The van der Waals surface area contributed by atoms with Gasteiger partial charge in [-0.15, -0.1) is 11.3 Å². The van der Waals surface area contributed by atoms with Crippen LogP contribution in [0.2, 0.25) is 0 Å². The van der Waals surface area contributed by atoms with E-state index >= 15 is 0 Å². The molecule has 0 fully saturated rings. The van der Waals surface area contributed by atoms with Crippen molar-refractivity contribution in [2.45, 2.75) is 6.42 Å². The quantitative estimate of drug-likeness (QED) is 0.699. The Bertz CT molecular complexity index is 775. The average Bonchev–Trinajstić information content (AvgIpc) is 2.95. The fraction of sp³-hybridized carbons (Fsp3) is 0.125. The van der Waals surface area contributed by atoms with Gasteiger partial charge in [-0.25, -0.2) is 9.97 Å². The molecule has 0 unspecified atom stereocenters. The lowest BCUT2D eigenvalue weighted by Crippen LogP contribution is -1.98. The van der Waals surface area contributed by atoms with Gasteiger partial charge < -0.3 is 10.4 Å². The van der Waals surface area contributed by atoms with Crippen LogP contribution in [-0.4, -0.2) is 21.7 Å². The number of hydrogen-bond donors (Lipinski definition) is 2. The van der Waals surface area contributed by atoms with Crippen molar-refractivity contribution >= 4 is 38.9 Å². The molecule has 1 aromatic carbocycles. The van der Waals surface area contributed by atoms with Gasteiger partial charge in [0.1, 0.15) is 0 Å².